The van der Waals surface area contributed by atoms with E-state index in [1.165, 1.54) is 0 Å². The van der Waals surface area contributed by atoms with Gasteiger partial charge in [0.05, 0.1) is 11.5 Å². The van der Waals surface area contributed by atoms with E-state index in [0.29, 0.717) is 39.4 Å². The molecule has 3 amide bonds. The molecule has 3 aromatic rings. The molecule has 0 unspecified atom stereocenters. The van der Waals surface area contributed by atoms with Crippen molar-refractivity contribution in [2.24, 2.45) is 0 Å². The van der Waals surface area contributed by atoms with Gasteiger partial charge in [-0.05, 0) is 91.7 Å². The van der Waals surface area contributed by atoms with Gasteiger partial charge in [-0.25, -0.2) is 0 Å². The number of carbonyl (C=O) groups excluding carboxylic acids is 3. The van der Waals surface area contributed by atoms with Gasteiger partial charge in [-0.15, -0.1) is 0 Å². The van der Waals surface area contributed by atoms with E-state index in [1.807, 2.05) is 32.9 Å². The Morgan fingerprint density at radius 2 is 1.77 bits per heavy atom. The number of benzene rings is 3. The molecule has 1 N–H and O–H groups in total. The molecule has 10 heteroatoms. The molecule has 0 radical (unpaired) electrons. The fourth-order valence-electron chi connectivity index (χ4n) is 3.75. The molecule has 7 nitrogen and oxygen atoms in total. The van der Waals surface area contributed by atoms with Crippen LogP contribution in [0.2, 0.25) is 10.0 Å². The number of imide groups is 1. The van der Waals surface area contributed by atoms with Gasteiger partial charge >= 0.3 is 0 Å². The summed E-state index contributed by atoms with van der Waals surface area (Å²) in [7, 11) is 0. The average Bonchev–Trinajstić information content (AvgIpc) is 3.14. The van der Waals surface area contributed by atoms with Crippen LogP contribution in [0.5, 0.6) is 11.5 Å². The lowest BCUT2D eigenvalue weighted by Crippen LogP contribution is -2.36. The van der Waals surface area contributed by atoms with E-state index >= 15 is 0 Å². The molecule has 1 aliphatic heterocycles. The van der Waals surface area contributed by atoms with Crippen molar-refractivity contribution in [1.82, 2.24) is 4.90 Å². The number of thioether (sulfide) groups is 1. The largest absolute Gasteiger partial charge is 0.490 e. The van der Waals surface area contributed by atoms with Crippen LogP contribution >= 0.6 is 35.0 Å². The van der Waals surface area contributed by atoms with E-state index in [-0.39, 0.29) is 18.1 Å². The van der Waals surface area contributed by atoms with Crippen molar-refractivity contribution in [2.75, 3.05) is 18.5 Å². The number of ether oxygens (including phenoxy) is 2. The molecule has 4 rings (SSSR count). The maximum absolute atomic E-state index is 13.0. The first kappa shape index (κ1) is 28.5. The zero-order valence-electron chi connectivity index (χ0n) is 21.5. The van der Waals surface area contributed by atoms with Crippen LogP contribution in [0, 0.1) is 13.8 Å². The Hall–Kier alpha value is -3.46. The first-order valence-electron chi connectivity index (χ1n) is 12.1. The van der Waals surface area contributed by atoms with E-state index in [1.54, 1.807) is 48.5 Å². The highest BCUT2D eigenvalue weighted by atomic mass is 35.5. The highest BCUT2D eigenvalue weighted by Gasteiger charge is 2.36. The van der Waals surface area contributed by atoms with Crippen LogP contribution in [0.25, 0.3) is 6.08 Å². The minimum atomic E-state index is -0.532. The number of aryl methyl sites for hydroxylation is 2. The third-order valence-corrected chi connectivity index (χ3v) is 7.42. The van der Waals surface area contributed by atoms with Crippen LogP contribution in [0.4, 0.5) is 10.5 Å². The number of nitrogens with zero attached hydrogens (tertiary/aromatic N) is 1. The molecular weight excluding hydrogens is 559 g/mol. The van der Waals surface area contributed by atoms with Crippen molar-refractivity contribution in [3.05, 3.63) is 91.8 Å². The highest BCUT2D eigenvalue weighted by Crippen LogP contribution is 2.35. The molecule has 0 spiro atoms. The standard InChI is InChI=1S/C29H26Cl2N2O5S/c1-4-37-25-12-19(6-10-24(25)38-16-20-7-8-21(30)14-23(20)31)13-26-28(35)33(29(36)39-26)15-27(34)32-22-9-5-17(2)18(3)11-22/h5-14H,4,15-16H2,1-3H3,(H,32,34)/b26-13+. The minimum absolute atomic E-state index is 0.207. The summed E-state index contributed by atoms with van der Waals surface area (Å²) >= 11 is 13.0. The summed E-state index contributed by atoms with van der Waals surface area (Å²) in [5.41, 5.74) is 4.14. The predicted octanol–water partition coefficient (Wildman–Crippen LogP) is 7.26. The number of hydrogen-bond acceptors (Lipinski definition) is 6. The maximum atomic E-state index is 13.0. The van der Waals surface area contributed by atoms with Crippen molar-refractivity contribution in [2.45, 2.75) is 27.4 Å². The molecule has 1 heterocycles. The number of halogens is 2. The Labute approximate surface area is 241 Å². The highest BCUT2D eigenvalue weighted by molar-refractivity contribution is 8.18. The lowest BCUT2D eigenvalue weighted by Gasteiger charge is -2.14. The number of nitrogens with one attached hydrogen (secondary N) is 1. The fraction of sp³-hybridized carbons (Fsp3) is 0.207. The monoisotopic (exact) mass is 584 g/mol. The van der Waals surface area contributed by atoms with Gasteiger partial charge in [0, 0.05) is 21.3 Å². The summed E-state index contributed by atoms with van der Waals surface area (Å²) < 4.78 is 11.7. The SMILES string of the molecule is CCOc1cc(/C=C2/SC(=O)N(CC(=O)Nc3ccc(C)c(C)c3)C2=O)ccc1OCc1ccc(Cl)cc1Cl. The van der Waals surface area contributed by atoms with Crippen LogP contribution in [0.15, 0.2) is 59.5 Å². The Kier molecular flexibility index (Phi) is 9.22. The molecule has 39 heavy (non-hydrogen) atoms. The zero-order chi connectivity index (χ0) is 28.1. The topological polar surface area (TPSA) is 84.9 Å². The summed E-state index contributed by atoms with van der Waals surface area (Å²) in [5.74, 6) is -0.0156. The zero-order valence-corrected chi connectivity index (χ0v) is 23.9. The van der Waals surface area contributed by atoms with Crippen LogP contribution in [-0.4, -0.2) is 35.1 Å². The second kappa shape index (κ2) is 12.6. The number of anilines is 1. The molecule has 0 aromatic heterocycles. The number of amides is 3. The molecule has 1 aliphatic rings. The fourth-order valence-corrected chi connectivity index (χ4v) is 5.05. The molecule has 202 valence electrons. The van der Waals surface area contributed by atoms with Gasteiger partial charge in [-0.2, -0.15) is 0 Å². The maximum Gasteiger partial charge on any atom is 0.294 e. The molecule has 1 saturated heterocycles. The van der Waals surface area contributed by atoms with Gasteiger partial charge in [0.15, 0.2) is 11.5 Å². The number of carbonyl (C=O) groups is 3. The number of hydrogen-bond donors (Lipinski definition) is 1. The van der Waals surface area contributed by atoms with Crippen molar-refractivity contribution in [1.29, 1.82) is 0 Å². The molecule has 0 bridgehead atoms. The van der Waals surface area contributed by atoms with E-state index in [0.717, 1.165) is 33.4 Å². The summed E-state index contributed by atoms with van der Waals surface area (Å²) in [4.78, 5) is 39.2. The molecular formula is C29H26Cl2N2O5S. The third kappa shape index (κ3) is 7.15. The van der Waals surface area contributed by atoms with Crippen LogP contribution in [0.3, 0.4) is 0 Å². The van der Waals surface area contributed by atoms with E-state index < -0.39 is 17.1 Å². The summed E-state index contributed by atoms with van der Waals surface area (Å²) in [6.07, 6.45) is 1.59. The second-order valence-electron chi connectivity index (χ2n) is 8.78. The van der Waals surface area contributed by atoms with Gasteiger partial charge < -0.3 is 14.8 Å². The smallest absolute Gasteiger partial charge is 0.294 e. The Morgan fingerprint density at radius 3 is 2.49 bits per heavy atom. The van der Waals surface area contributed by atoms with Crippen molar-refractivity contribution >= 4 is 63.8 Å². The first-order chi connectivity index (χ1) is 18.6. The predicted molar refractivity (Wildman–Crippen MR) is 156 cm³/mol. The molecule has 0 aliphatic carbocycles. The van der Waals surface area contributed by atoms with Gasteiger partial charge in [0.2, 0.25) is 5.91 Å². The van der Waals surface area contributed by atoms with Gasteiger partial charge in [-0.1, -0.05) is 41.4 Å². The summed E-state index contributed by atoms with van der Waals surface area (Å²) in [6, 6.07) is 15.9. The van der Waals surface area contributed by atoms with Crippen LogP contribution < -0.4 is 14.8 Å². The molecule has 0 saturated carbocycles. The second-order valence-corrected chi connectivity index (χ2v) is 10.6. The first-order valence-corrected chi connectivity index (χ1v) is 13.7. The van der Waals surface area contributed by atoms with Crippen molar-refractivity contribution in [3.8, 4) is 11.5 Å². The molecule has 1 fully saturated rings. The minimum Gasteiger partial charge on any atom is -0.490 e. The normalized spacial score (nSPS) is 14.2. The van der Waals surface area contributed by atoms with Crippen molar-refractivity contribution in [3.63, 3.8) is 0 Å². The van der Waals surface area contributed by atoms with E-state index in [9.17, 15) is 14.4 Å². The number of rotatable bonds is 9. The van der Waals surface area contributed by atoms with Gasteiger partial charge in [-0.3, -0.25) is 19.3 Å². The van der Waals surface area contributed by atoms with Gasteiger partial charge in [0.25, 0.3) is 11.1 Å². The van der Waals surface area contributed by atoms with Crippen LogP contribution in [0.1, 0.15) is 29.2 Å². The van der Waals surface area contributed by atoms with E-state index in [2.05, 4.69) is 5.32 Å². The van der Waals surface area contributed by atoms with E-state index in [4.69, 9.17) is 32.7 Å². The molecule has 3 aromatic carbocycles. The summed E-state index contributed by atoms with van der Waals surface area (Å²) in [6.45, 7) is 5.99. The van der Waals surface area contributed by atoms with Crippen LogP contribution in [-0.2, 0) is 16.2 Å². The Balaban J connectivity index is 1.45. The summed E-state index contributed by atoms with van der Waals surface area (Å²) in [5, 5.41) is 3.27. The lowest BCUT2D eigenvalue weighted by atomic mass is 10.1. The quantitative estimate of drug-likeness (QED) is 0.266. The van der Waals surface area contributed by atoms with Crippen molar-refractivity contribution < 1.29 is 23.9 Å². The Bertz CT molecular complexity index is 1470. The Morgan fingerprint density at radius 1 is 0.974 bits per heavy atom. The van der Waals surface area contributed by atoms with Gasteiger partial charge in [0.1, 0.15) is 13.2 Å². The average molecular weight is 586 g/mol. The third-order valence-electron chi connectivity index (χ3n) is 5.93. The molecule has 0 atom stereocenters. The lowest BCUT2D eigenvalue weighted by molar-refractivity contribution is -0.127.